The Morgan fingerprint density at radius 2 is 1.51 bits per heavy atom. The third-order valence-electron chi connectivity index (χ3n) is 7.50. The zero-order valence-electron chi connectivity index (χ0n) is 25.7. The summed E-state index contributed by atoms with van der Waals surface area (Å²) in [5.74, 6) is -0.505. The largest absolute Gasteiger partial charge is 0.379 e. The number of carbonyl (C=O) groups is 3. The van der Waals surface area contributed by atoms with Gasteiger partial charge in [-0.05, 0) is 66.7 Å². The van der Waals surface area contributed by atoms with Crippen LogP contribution in [-0.4, -0.2) is 90.7 Å². The first-order chi connectivity index (χ1) is 16.8. The van der Waals surface area contributed by atoms with Crippen LogP contribution in [0.2, 0.25) is 0 Å². The number of hydrogen-bond donors (Lipinski definition) is 2. The van der Waals surface area contributed by atoms with E-state index < -0.39 is 11.1 Å². The van der Waals surface area contributed by atoms with Crippen molar-refractivity contribution in [2.75, 3.05) is 34.4 Å². The summed E-state index contributed by atoms with van der Waals surface area (Å²) in [6.07, 6.45) is 3.06. The van der Waals surface area contributed by atoms with Gasteiger partial charge in [-0.1, -0.05) is 27.2 Å². The van der Waals surface area contributed by atoms with E-state index in [2.05, 4.69) is 19.2 Å². The normalized spacial score (nSPS) is 15.1. The number of rotatable bonds is 17. The first-order valence-corrected chi connectivity index (χ1v) is 13.6. The fourth-order valence-corrected chi connectivity index (χ4v) is 4.15. The molecule has 0 aliphatic rings. The molecule has 0 bridgehead atoms. The minimum atomic E-state index is -1.13. The van der Waals surface area contributed by atoms with Crippen molar-refractivity contribution >= 4 is 17.7 Å². The van der Waals surface area contributed by atoms with E-state index in [9.17, 15) is 14.4 Å². The van der Waals surface area contributed by atoms with Crippen LogP contribution in [0, 0.1) is 5.92 Å². The number of nitrogens with two attached hydrogens (primary N) is 1. The monoisotopic (exact) mass is 528 g/mol. The van der Waals surface area contributed by atoms with Gasteiger partial charge in [-0.3, -0.25) is 14.4 Å². The molecule has 0 rings (SSSR count). The Balaban J connectivity index is 5.05. The second kappa shape index (κ2) is 15.0. The molecule has 218 valence electrons. The minimum Gasteiger partial charge on any atom is -0.379 e. The molecule has 37 heavy (non-hydrogen) atoms. The maximum Gasteiger partial charge on any atom is 0.245 e. The summed E-state index contributed by atoms with van der Waals surface area (Å²) >= 11 is 0. The lowest BCUT2D eigenvalue weighted by Gasteiger charge is -2.38. The van der Waals surface area contributed by atoms with Gasteiger partial charge in [0.25, 0.3) is 0 Å². The first-order valence-electron chi connectivity index (χ1n) is 13.6. The topological polar surface area (TPSA) is 114 Å². The maximum absolute atomic E-state index is 13.0. The molecule has 3 unspecified atom stereocenters. The fraction of sp³-hybridized carbons (Fsp3) is 0.893. The molecule has 0 aliphatic carbocycles. The summed E-state index contributed by atoms with van der Waals surface area (Å²) in [4.78, 5) is 42.1. The third-order valence-corrected chi connectivity index (χ3v) is 7.50. The molecule has 0 fully saturated rings. The second-order valence-corrected chi connectivity index (χ2v) is 12.1. The van der Waals surface area contributed by atoms with Crippen molar-refractivity contribution in [3.8, 4) is 0 Å². The zero-order chi connectivity index (χ0) is 29.2. The number of carbonyl (C=O) groups excluding carboxylic acids is 3. The number of likely N-dealkylation sites (N-methyl/N-ethyl adjacent to an activating group) is 2. The molecule has 9 nitrogen and oxygen atoms in total. The van der Waals surface area contributed by atoms with Crippen LogP contribution in [-0.2, 0) is 23.9 Å². The highest BCUT2D eigenvalue weighted by Crippen LogP contribution is 2.23. The third kappa shape index (κ3) is 11.7. The Bertz CT molecular complexity index is 729. The Labute approximate surface area is 226 Å². The van der Waals surface area contributed by atoms with Crippen LogP contribution in [0.25, 0.3) is 0 Å². The molecule has 0 radical (unpaired) electrons. The van der Waals surface area contributed by atoms with Gasteiger partial charge in [-0.25, -0.2) is 0 Å². The van der Waals surface area contributed by atoms with Gasteiger partial charge in [0.15, 0.2) is 0 Å². The van der Waals surface area contributed by atoms with Gasteiger partial charge in [0.1, 0.15) is 5.54 Å². The van der Waals surface area contributed by atoms with Crippen LogP contribution >= 0.6 is 0 Å². The summed E-state index contributed by atoms with van der Waals surface area (Å²) in [5.41, 5.74) is 4.09. The van der Waals surface area contributed by atoms with Crippen molar-refractivity contribution in [1.82, 2.24) is 15.1 Å². The van der Waals surface area contributed by atoms with Crippen LogP contribution in [0.4, 0.5) is 0 Å². The van der Waals surface area contributed by atoms with E-state index in [4.69, 9.17) is 15.2 Å². The number of nitrogens with zero attached hydrogens (tertiary/aromatic N) is 2. The SMILES string of the molecule is CCC(C)C(C(CC)OC)N(C)C(=O)CNC(=O)C(C)(C)N(C)C(=O)CCC(C)(C)OCCC(C)(C)N. The van der Waals surface area contributed by atoms with E-state index in [-0.39, 0.29) is 54.3 Å². The summed E-state index contributed by atoms with van der Waals surface area (Å²) in [7, 11) is 5.03. The van der Waals surface area contributed by atoms with Gasteiger partial charge in [-0.15, -0.1) is 0 Å². The van der Waals surface area contributed by atoms with Gasteiger partial charge in [0.2, 0.25) is 17.7 Å². The molecule has 0 aromatic rings. The zero-order valence-corrected chi connectivity index (χ0v) is 25.7. The molecule has 0 saturated heterocycles. The molecule has 9 heteroatoms. The maximum atomic E-state index is 13.0. The van der Waals surface area contributed by atoms with Gasteiger partial charge < -0.3 is 30.3 Å². The molecule has 0 aromatic heterocycles. The summed E-state index contributed by atoms with van der Waals surface area (Å²) in [5, 5.41) is 2.74. The molecule has 0 aromatic carbocycles. The Morgan fingerprint density at radius 1 is 0.946 bits per heavy atom. The van der Waals surface area contributed by atoms with Crippen molar-refractivity contribution in [1.29, 1.82) is 0 Å². The standard InChI is InChI=1S/C28H56N4O5/c1-13-20(3)24(21(14-2)36-12)31(10)23(34)19-30-25(35)28(8,9)32(11)22(33)15-16-27(6,7)37-18-17-26(4,5)29/h20-21,24H,13-19,29H2,1-12H3,(H,30,35). The average molecular weight is 529 g/mol. The summed E-state index contributed by atoms with van der Waals surface area (Å²) in [6.45, 7) is 17.7. The lowest BCUT2D eigenvalue weighted by Crippen LogP contribution is -2.57. The quantitative estimate of drug-likeness (QED) is 0.299. The molecular weight excluding hydrogens is 472 g/mol. The molecule has 3 atom stereocenters. The highest BCUT2D eigenvalue weighted by atomic mass is 16.5. The van der Waals surface area contributed by atoms with E-state index in [1.54, 1.807) is 40.0 Å². The predicted octanol–water partition coefficient (Wildman–Crippen LogP) is 3.34. The smallest absolute Gasteiger partial charge is 0.245 e. The highest BCUT2D eigenvalue weighted by molar-refractivity contribution is 5.93. The van der Waals surface area contributed by atoms with E-state index in [1.807, 2.05) is 34.6 Å². The summed E-state index contributed by atoms with van der Waals surface area (Å²) in [6, 6.07) is -0.0943. The lowest BCUT2D eigenvalue weighted by atomic mass is 9.91. The van der Waals surface area contributed by atoms with E-state index >= 15 is 0 Å². The average Bonchev–Trinajstić information content (AvgIpc) is 2.81. The first kappa shape index (κ1) is 35.3. The fourth-order valence-electron chi connectivity index (χ4n) is 4.15. The van der Waals surface area contributed by atoms with Gasteiger partial charge in [0, 0.05) is 39.8 Å². The molecule has 0 aliphatic heterocycles. The van der Waals surface area contributed by atoms with Crippen molar-refractivity contribution in [3.63, 3.8) is 0 Å². The molecule has 0 heterocycles. The Hall–Kier alpha value is -1.71. The Kier molecular flexibility index (Phi) is 14.3. The van der Waals surface area contributed by atoms with Crippen LogP contribution in [0.3, 0.4) is 0 Å². The number of hydrogen-bond acceptors (Lipinski definition) is 6. The molecule has 0 saturated carbocycles. The van der Waals surface area contributed by atoms with E-state index in [0.717, 1.165) is 12.8 Å². The van der Waals surface area contributed by atoms with Crippen molar-refractivity contribution in [2.24, 2.45) is 11.7 Å². The number of methoxy groups -OCH3 is 1. The predicted molar refractivity (Wildman–Crippen MR) is 149 cm³/mol. The van der Waals surface area contributed by atoms with Crippen molar-refractivity contribution in [3.05, 3.63) is 0 Å². The molecule has 3 amide bonds. The van der Waals surface area contributed by atoms with Gasteiger partial charge in [-0.2, -0.15) is 0 Å². The number of amides is 3. The number of nitrogens with one attached hydrogen (secondary N) is 1. The molecule has 3 N–H and O–H groups in total. The highest BCUT2D eigenvalue weighted by Gasteiger charge is 2.37. The van der Waals surface area contributed by atoms with Crippen molar-refractivity contribution in [2.45, 2.75) is 123 Å². The number of ether oxygens (including phenoxy) is 2. The Morgan fingerprint density at radius 3 is 1.97 bits per heavy atom. The summed E-state index contributed by atoms with van der Waals surface area (Å²) < 4.78 is 11.6. The van der Waals surface area contributed by atoms with Crippen LogP contribution in [0.5, 0.6) is 0 Å². The lowest BCUT2D eigenvalue weighted by molar-refractivity contribution is -0.146. The van der Waals surface area contributed by atoms with E-state index in [1.165, 1.54) is 4.90 Å². The van der Waals surface area contributed by atoms with E-state index in [0.29, 0.717) is 19.4 Å². The second-order valence-electron chi connectivity index (χ2n) is 12.1. The van der Waals surface area contributed by atoms with Crippen LogP contribution in [0.15, 0.2) is 0 Å². The van der Waals surface area contributed by atoms with Crippen LogP contribution in [0.1, 0.15) is 94.4 Å². The molecular formula is C28H56N4O5. The minimum absolute atomic E-state index is 0.0881. The molecule has 0 spiro atoms. The van der Waals surface area contributed by atoms with Gasteiger partial charge in [0.05, 0.1) is 24.3 Å². The van der Waals surface area contributed by atoms with Crippen LogP contribution < -0.4 is 11.1 Å². The van der Waals surface area contributed by atoms with Crippen molar-refractivity contribution < 1.29 is 23.9 Å². The van der Waals surface area contributed by atoms with Gasteiger partial charge >= 0.3 is 0 Å².